The molecule has 1 heterocycles. The van der Waals surface area contributed by atoms with Gasteiger partial charge in [-0.2, -0.15) is 13.2 Å². The van der Waals surface area contributed by atoms with Gasteiger partial charge in [0.05, 0.1) is 25.6 Å². The van der Waals surface area contributed by atoms with Gasteiger partial charge in [-0.1, -0.05) is 0 Å². The number of hydrogen-bond acceptors (Lipinski definition) is 7. The molecule has 1 unspecified atom stereocenters. The maximum atomic E-state index is 14.8. The molecule has 1 aliphatic rings. The van der Waals surface area contributed by atoms with E-state index in [0.29, 0.717) is 0 Å². The minimum absolute atomic E-state index is 0.122. The zero-order valence-electron chi connectivity index (χ0n) is 21.4. The van der Waals surface area contributed by atoms with Crippen LogP contribution in [0.4, 0.5) is 23.2 Å². The third-order valence-corrected chi connectivity index (χ3v) is 6.58. The van der Waals surface area contributed by atoms with Gasteiger partial charge in [0, 0.05) is 63.6 Å². The molecular weight excluding hydrogens is 516 g/mol. The van der Waals surface area contributed by atoms with Crippen molar-refractivity contribution >= 4 is 23.6 Å². The Labute approximate surface area is 218 Å². The minimum Gasteiger partial charge on any atom is -0.480 e. The van der Waals surface area contributed by atoms with Gasteiger partial charge < -0.3 is 20.2 Å². The first-order valence-electron chi connectivity index (χ1n) is 12.1. The molecule has 1 atom stereocenters. The molecule has 3 N–H and O–H groups in total. The molecule has 214 valence electrons. The van der Waals surface area contributed by atoms with Crippen molar-refractivity contribution in [3.63, 3.8) is 0 Å². The molecule has 0 bridgehead atoms. The van der Waals surface area contributed by atoms with E-state index >= 15 is 0 Å². The van der Waals surface area contributed by atoms with E-state index in [2.05, 4.69) is 0 Å². The molecule has 10 nitrogen and oxygen atoms in total. The molecular formula is C24H34F4N4O6. The van der Waals surface area contributed by atoms with Crippen molar-refractivity contribution in [2.45, 2.75) is 25.9 Å². The van der Waals surface area contributed by atoms with E-state index in [1.54, 1.807) is 19.6 Å². The van der Waals surface area contributed by atoms with Crippen LogP contribution < -0.4 is 4.90 Å². The molecule has 2 rings (SSSR count). The van der Waals surface area contributed by atoms with Gasteiger partial charge in [-0.05, 0) is 31.5 Å². The molecule has 1 aliphatic heterocycles. The van der Waals surface area contributed by atoms with Crippen molar-refractivity contribution < 1.29 is 47.3 Å². The molecule has 1 saturated heterocycles. The lowest BCUT2D eigenvalue weighted by Crippen LogP contribution is -2.48. The smallest absolute Gasteiger partial charge is 0.395 e. The third kappa shape index (κ3) is 9.72. The topological polar surface area (TPSA) is 125 Å². The first-order valence-corrected chi connectivity index (χ1v) is 12.1. The van der Waals surface area contributed by atoms with Crippen LogP contribution in [-0.2, 0) is 14.4 Å². The summed E-state index contributed by atoms with van der Waals surface area (Å²) in [4.78, 5) is 40.5. The lowest BCUT2D eigenvalue weighted by Gasteiger charge is -2.35. The quantitative estimate of drug-likeness (QED) is 0.413. The van der Waals surface area contributed by atoms with Crippen LogP contribution in [-0.4, -0.2) is 126 Å². The van der Waals surface area contributed by atoms with Crippen LogP contribution in [0.15, 0.2) is 12.1 Å². The summed E-state index contributed by atoms with van der Waals surface area (Å²) in [6.07, 6.45) is -4.58. The fraction of sp³-hybridized carbons (Fsp3) is 0.625. The van der Waals surface area contributed by atoms with Crippen LogP contribution >= 0.6 is 0 Å². The Morgan fingerprint density at radius 1 is 0.789 bits per heavy atom. The zero-order valence-corrected chi connectivity index (χ0v) is 21.4. The van der Waals surface area contributed by atoms with Gasteiger partial charge in [-0.25, -0.2) is 4.39 Å². The molecule has 38 heavy (non-hydrogen) atoms. The SMILES string of the molecule is Cc1c(F)cc(C(C)C(F)(F)F)cc1N1CCN(CC(=O)O)CCN(CC(=O)O)CCN(CC(=O)O)CC1. The van der Waals surface area contributed by atoms with Gasteiger partial charge in [0.2, 0.25) is 0 Å². The van der Waals surface area contributed by atoms with Crippen LogP contribution in [0.5, 0.6) is 0 Å². The summed E-state index contributed by atoms with van der Waals surface area (Å²) in [6.45, 7) is 2.68. The Balaban J connectivity index is 2.43. The highest BCUT2D eigenvalue weighted by Crippen LogP contribution is 2.37. The van der Waals surface area contributed by atoms with E-state index in [1.165, 1.54) is 13.0 Å². The number of aliphatic carboxylic acids is 3. The minimum atomic E-state index is -4.58. The van der Waals surface area contributed by atoms with Crippen LogP contribution in [0.2, 0.25) is 0 Å². The van der Waals surface area contributed by atoms with Gasteiger partial charge in [-0.15, -0.1) is 0 Å². The number of rotatable bonds is 8. The first kappa shape index (κ1) is 31.2. The number of carboxylic acid groups (broad SMARTS) is 3. The number of carbonyl (C=O) groups is 3. The standard InChI is InChI=1S/C24H34F4N4O6/c1-16-19(25)11-18(17(2)24(26,27)28)12-20(16)32-9-7-30(14-22(35)36)5-3-29(13-21(33)34)4-6-31(8-10-32)15-23(37)38/h11-12,17H,3-10,13-15H2,1-2H3,(H,33,34)(H,35,36)(H,37,38). The summed E-state index contributed by atoms with van der Waals surface area (Å²) in [5.41, 5.74) is 0.0828. The number of hydrogen-bond donors (Lipinski definition) is 3. The van der Waals surface area contributed by atoms with Gasteiger partial charge in [-0.3, -0.25) is 29.1 Å². The second-order valence-corrected chi connectivity index (χ2v) is 9.41. The molecule has 0 aromatic heterocycles. The summed E-state index contributed by atoms with van der Waals surface area (Å²) in [7, 11) is 0. The number of nitrogens with zero attached hydrogens (tertiary/aromatic N) is 4. The Kier molecular flexibility index (Phi) is 11.3. The van der Waals surface area contributed by atoms with Crippen molar-refractivity contribution in [1.82, 2.24) is 14.7 Å². The molecule has 1 aromatic rings. The van der Waals surface area contributed by atoms with Crippen LogP contribution in [0.25, 0.3) is 0 Å². The highest BCUT2D eigenvalue weighted by atomic mass is 19.4. The maximum absolute atomic E-state index is 14.8. The van der Waals surface area contributed by atoms with E-state index in [9.17, 15) is 47.3 Å². The van der Waals surface area contributed by atoms with E-state index in [0.717, 1.165) is 13.0 Å². The van der Waals surface area contributed by atoms with Gasteiger partial charge in [0.1, 0.15) is 5.82 Å². The third-order valence-electron chi connectivity index (χ3n) is 6.58. The molecule has 0 amide bonds. The second-order valence-electron chi connectivity index (χ2n) is 9.41. The predicted octanol–water partition coefficient (Wildman–Crippen LogP) is 1.78. The summed E-state index contributed by atoms with van der Waals surface area (Å²) in [6, 6.07) is 2.14. The fourth-order valence-electron chi connectivity index (χ4n) is 4.28. The van der Waals surface area contributed by atoms with Crippen LogP contribution in [0.1, 0.15) is 24.0 Å². The first-order chi connectivity index (χ1) is 17.7. The molecule has 0 radical (unpaired) electrons. The lowest BCUT2D eigenvalue weighted by atomic mass is 9.97. The predicted molar refractivity (Wildman–Crippen MR) is 130 cm³/mol. The largest absolute Gasteiger partial charge is 0.480 e. The number of carboxylic acids is 3. The Hall–Kier alpha value is -2.97. The van der Waals surface area contributed by atoms with Crippen LogP contribution in [0, 0.1) is 12.7 Å². The van der Waals surface area contributed by atoms with E-state index < -0.39 is 35.8 Å². The molecule has 0 saturated carbocycles. The Morgan fingerprint density at radius 3 is 1.50 bits per heavy atom. The Morgan fingerprint density at radius 2 is 1.16 bits per heavy atom. The summed E-state index contributed by atoms with van der Waals surface area (Å²) < 4.78 is 55.0. The Bertz CT molecular complexity index is 961. The average molecular weight is 551 g/mol. The van der Waals surface area contributed by atoms with Crippen molar-refractivity contribution in [3.05, 3.63) is 29.1 Å². The summed E-state index contributed by atoms with van der Waals surface area (Å²) in [5.74, 6) is -6.03. The molecule has 0 aliphatic carbocycles. The van der Waals surface area contributed by atoms with Crippen molar-refractivity contribution in [1.29, 1.82) is 0 Å². The monoisotopic (exact) mass is 550 g/mol. The van der Waals surface area contributed by atoms with E-state index in [4.69, 9.17) is 0 Å². The second kappa shape index (κ2) is 13.7. The normalized spacial score (nSPS) is 18.4. The molecule has 0 spiro atoms. The molecule has 14 heteroatoms. The zero-order chi connectivity index (χ0) is 28.6. The van der Waals surface area contributed by atoms with Gasteiger partial charge >= 0.3 is 24.1 Å². The number of anilines is 1. The van der Waals surface area contributed by atoms with Crippen LogP contribution in [0.3, 0.4) is 0 Å². The molecule has 1 aromatic carbocycles. The fourth-order valence-corrected chi connectivity index (χ4v) is 4.28. The van der Waals surface area contributed by atoms with E-state index in [-0.39, 0.29) is 88.8 Å². The highest BCUT2D eigenvalue weighted by molar-refractivity contribution is 5.70. The lowest BCUT2D eigenvalue weighted by molar-refractivity contribution is -0.146. The maximum Gasteiger partial charge on any atom is 0.395 e. The summed E-state index contributed by atoms with van der Waals surface area (Å²) in [5, 5.41) is 27.9. The van der Waals surface area contributed by atoms with Gasteiger partial charge in [0.25, 0.3) is 0 Å². The number of benzene rings is 1. The number of alkyl halides is 3. The number of halogens is 4. The van der Waals surface area contributed by atoms with Crippen molar-refractivity contribution in [3.8, 4) is 0 Å². The van der Waals surface area contributed by atoms with E-state index in [1.807, 2.05) is 0 Å². The van der Waals surface area contributed by atoms with Crippen molar-refractivity contribution in [2.24, 2.45) is 0 Å². The van der Waals surface area contributed by atoms with Gasteiger partial charge in [0.15, 0.2) is 0 Å². The average Bonchev–Trinajstić information content (AvgIpc) is 2.79. The molecule has 1 fully saturated rings. The highest BCUT2D eigenvalue weighted by Gasteiger charge is 2.38. The van der Waals surface area contributed by atoms with Crippen molar-refractivity contribution in [2.75, 3.05) is 76.9 Å². The summed E-state index contributed by atoms with van der Waals surface area (Å²) >= 11 is 0.